The van der Waals surface area contributed by atoms with Crippen molar-refractivity contribution >= 4 is 22.9 Å². The first kappa shape index (κ1) is 14.3. The van der Waals surface area contributed by atoms with Gasteiger partial charge < -0.3 is 15.4 Å². The van der Waals surface area contributed by atoms with E-state index in [0.29, 0.717) is 11.3 Å². The van der Waals surface area contributed by atoms with Crippen molar-refractivity contribution in [2.24, 2.45) is 5.73 Å². The van der Waals surface area contributed by atoms with Gasteiger partial charge in [-0.25, -0.2) is 4.39 Å². The molecule has 0 heterocycles. The number of anilines is 1. The largest absolute Gasteiger partial charge is 0.454 e. The second-order valence-corrected chi connectivity index (χ2v) is 4.94. The van der Waals surface area contributed by atoms with Crippen molar-refractivity contribution in [3.63, 3.8) is 0 Å². The van der Waals surface area contributed by atoms with Crippen LogP contribution < -0.4 is 15.4 Å². The standard InChI is InChI=1S/C15H15FN2OS/c1-18(2)11-4-3-5-12(9-11)19-14-7-6-10(15(17)20)8-13(14)16/h3-9H,1-2H3,(H2,17,20). The van der Waals surface area contributed by atoms with E-state index in [9.17, 15) is 4.39 Å². The number of benzene rings is 2. The Labute approximate surface area is 122 Å². The molecule has 0 aromatic heterocycles. The van der Waals surface area contributed by atoms with Crippen LogP contribution in [0.3, 0.4) is 0 Å². The van der Waals surface area contributed by atoms with Gasteiger partial charge in [-0.3, -0.25) is 0 Å². The van der Waals surface area contributed by atoms with E-state index in [1.807, 2.05) is 37.2 Å². The Balaban J connectivity index is 2.26. The van der Waals surface area contributed by atoms with Crippen LogP contribution in [0.1, 0.15) is 5.56 Å². The lowest BCUT2D eigenvalue weighted by Gasteiger charge is -2.14. The van der Waals surface area contributed by atoms with Crippen LogP contribution >= 0.6 is 12.2 Å². The number of thiocarbonyl (C=S) groups is 1. The second kappa shape index (κ2) is 5.88. The molecule has 2 N–H and O–H groups in total. The number of hydrogen-bond acceptors (Lipinski definition) is 3. The van der Waals surface area contributed by atoms with Crippen molar-refractivity contribution in [1.82, 2.24) is 0 Å². The summed E-state index contributed by atoms with van der Waals surface area (Å²) in [5, 5.41) is 0. The van der Waals surface area contributed by atoms with Crippen LogP contribution in [0.15, 0.2) is 42.5 Å². The maximum Gasteiger partial charge on any atom is 0.166 e. The molecule has 104 valence electrons. The van der Waals surface area contributed by atoms with Crippen LogP contribution in [-0.2, 0) is 0 Å². The zero-order valence-electron chi connectivity index (χ0n) is 11.3. The van der Waals surface area contributed by atoms with Crippen molar-refractivity contribution in [3.05, 3.63) is 53.8 Å². The summed E-state index contributed by atoms with van der Waals surface area (Å²) in [4.78, 5) is 2.10. The highest BCUT2D eigenvalue weighted by atomic mass is 32.1. The van der Waals surface area contributed by atoms with Crippen LogP contribution in [0.4, 0.5) is 10.1 Å². The first-order valence-corrected chi connectivity index (χ1v) is 6.43. The van der Waals surface area contributed by atoms with Crippen molar-refractivity contribution in [1.29, 1.82) is 0 Å². The molecular formula is C15H15FN2OS. The molecule has 0 saturated heterocycles. The summed E-state index contributed by atoms with van der Waals surface area (Å²) in [7, 11) is 3.85. The predicted molar refractivity (Wildman–Crippen MR) is 83.1 cm³/mol. The summed E-state index contributed by atoms with van der Waals surface area (Å²) in [6.07, 6.45) is 0. The molecule has 2 aromatic rings. The van der Waals surface area contributed by atoms with Gasteiger partial charge in [0.2, 0.25) is 0 Å². The maximum atomic E-state index is 13.9. The lowest BCUT2D eigenvalue weighted by atomic mass is 10.2. The minimum Gasteiger partial charge on any atom is -0.454 e. The summed E-state index contributed by atoms with van der Waals surface area (Å²) in [6.45, 7) is 0. The molecule has 2 aromatic carbocycles. The zero-order chi connectivity index (χ0) is 14.7. The van der Waals surface area contributed by atoms with Gasteiger partial charge in [-0.2, -0.15) is 0 Å². The molecule has 0 amide bonds. The van der Waals surface area contributed by atoms with E-state index in [2.05, 4.69) is 0 Å². The molecule has 0 aliphatic heterocycles. The average Bonchev–Trinajstić information content (AvgIpc) is 2.41. The van der Waals surface area contributed by atoms with Crippen LogP contribution in [0.25, 0.3) is 0 Å². The Morgan fingerprint density at radius 2 is 1.95 bits per heavy atom. The smallest absolute Gasteiger partial charge is 0.166 e. The van der Waals surface area contributed by atoms with Gasteiger partial charge in [0.1, 0.15) is 10.7 Å². The van der Waals surface area contributed by atoms with E-state index in [1.165, 1.54) is 12.1 Å². The van der Waals surface area contributed by atoms with Crippen LogP contribution in [-0.4, -0.2) is 19.1 Å². The van der Waals surface area contributed by atoms with E-state index in [1.54, 1.807) is 12.1 Å². The molecule has 5 heteroatoms. The van der Waals surface area contributed by atoms with Gasteiger partial charge in [-0.05, 0) is 30.3 Å². The number of hydrogen-bond donors (Lipinski definition) is 1. The minimum absolute atomic E-state index is 0.140. The number of ether oxygens (including phenoxy) is 1. The lowest BCUT2D eigenvalue weighted by Crippen LogP contribution is -2.09. The highest BCUT2D eigenvalue weighted by molar-refractivity contribution is 7.80. The Morgan fingerprint density at radius 3 is 2.55 bits per heavy atom. The fourth-order valence-electron chi connectivity index (χ4n) is 1.69. The van der Waals surface area contributed by atoms with Crippen LogP contribution in [0.2, 0.25) is 0 Å². The van der Waals surface area contributed by atoms with E-state index < -0.39 is 5.82 Å². The monoisotopic (exact) mass is 290 g/mol. The molecular weight excluding hydrogens is 275 g/mol. The van der Waals surface area contributed by atoms with Gasteiger partial charge >= 0.3 is 0 Å². The van der Waals surface area contributed by atoms with E-state index in [-0.39, 0.29) is 10.7 Å². The Kier molecular flexibility index (Phi) is 4.20. The SMILES string of the molecule is CN(C)c1cccc(Oc2ccc(C(N)=S)cc2F)c1. The molecule has 0 spiro atoms. The number of nitrogens with two attached hydrogens (primary N) is 1. The van der Waals surface area contributed by atoms with Gasteiger partial charge in [-0.1, -0.05) is 18.3 Å². The third kappa shape index (κ3) is 3.24. The summed E-state index contributed by atoms with van der Waals surface area (Å²) in [6, 6.07) is 11.8. The summed E-state index contributed by atoms with van der Waals surface area (Å²) in [5.74, 6) is 0.213. The van der Waals surface area contributed by atoms with Gasteiger partial charge in [0, 0.05) is 31.4 Å². The molecule has 0 unspecified atom stereocenters. The fourth-order valence-corrected chi connectivity index (χ4v) is 1.82. The summed E-state index contributed by atoms with van der Waals surface area (Å²) in [5.41, 5.74) is 6.91. The predicted octanol–water partition coefficient (Wildman–Crippen LogP) is 3.32. The minimum atomic E-state index is -0.495. The number of nitrogens with zero attached hydrogens (tertiary/aromatic N) is 1. The molecule has 20 heavy (non-hydrogen) atoms. The second-order valence-electron chi connectivity index (χ2n) is 4.50. The number of rotatable bonds is 4. The number of halogens is 1. The first-order valence-electron chi connectivity index (χ1n) is 6.02. The lowest BCUT2D eigenvalue weighted by molar-refractivity contribution is 0.442. The van der Waals surface area contributed by atoms with Gasteiger partial charge in [-0.15, -0.1) is 0 Å². The molecule has 0 saturated carbocycles. The topological polar surface area (TPSA) is 38.5 Å². The molecule has 0 aliphatic rings. The van der Waals surface area contributed by atoms with E-state index in [0.717, 1.165) is 5.69 Å². The Hall–Kier alpha value is -2.14. The van der Waals surface area contributed by atoms with Gasteiger partial charge in [0.25, 0.3) is 0 Å². The fraction of sp³-hybridized carbons (Fsp3) is 0.133. The summed E-state index contributed by atoms with van der Waals surface area (Å²) < 4.78 is 19.5. The third-order valence-corrected chi connectivity index (χ3v) is 3.01. The molecule has 0 radical (unpaired) electrons. The Morgan fingerprint density at radius 1 is 1.20 bits per heavy atom. The van der Waals surface area contributed by atoms with E-state index >= 15 is 0 Å². The normalized spacial score (nSPS) is 10.2. The zero-order valence-corrected chi connectivity index (χ0v) is 12.1. The average molecular weight is 290 g/mol. The highest BCUT2D eigenvalue weighted by Crippen LogP contribution is 2.27. The molecule has 0 aliphatic carbocycles. The van der Waals surface area contributed by atoms with Gasteiger partial charge in [0.15, 0.2) is 11.6 Å². The summed E-state index contributed by atoms with van der Waals surface area (Å²) >= 11 is 4.81. The highest BCUT2D eigenvalue weighted by Gasteiger charge is 2.08. The first-order chi connectivity index (χ1) is 9.47. The molecule has 3 nitrogen and oxygen atoms in total. The molecule has 0 bridgehead atoms. The van der Waals surface area contributed by atoms with Crippen molar-refractivity contribution in [3.8, 4) is 11.5 Å². The quantitative estimate of drug-likeness (QED) is 0.877. The van der Waals surface area contributed by atoms with Crippen molar-refractivity contribution in [2.75, 3.05) is 19.0 Å². The van der Waals surface area contributed by atoms with Crippen LogP contribution in [0.5, 0.6) is 11.5 Å². The van der Waals surface area contributed by atoms with Crippen LogP contribution in [0, 0.1) is 5.82 Å². The van der Waals surface area contributed by atoms with Crippen molar-refractivity contribution < 1.29 is 9.13 Å². The van der Waals surface area contributed by atoms with Gasteiger partial charge in [0.05, 0.1) is 0 Å². The molecule has 2 rings (SSSR count). The van der Waals surface area contributed by atoms with Crippen molar-refractivity contribution in [2.45, 2.75) is 0 Å². The molecule has 0 atom stereocenters. The molecule has 0 fully saturated rings. The third-order valence-electron chi connectivity index (χ3n) is 2.78. The Bertz CT molecular complexity index is 644. The van der Waals surface area contributed by atoms with E-state index in [4.69, 9.17) is 22.7 Å². The maximum absolute atomic E-state index is 13.9.